The number of nitrogens with zero attached hydrogens (tertiary/aromatic N) is 3. The monoisotopic (exact) mass is 600 g/mol. The normalized spacial score (nSPS) is 16.4. The standard InChI is InChI=1S/C36H45FN4O3/c1-26-13-15-30(32(23-26)40-17-9-6-10-18-40)34(27-11-7-5-8-12-27)38-33(42)25-28-24-29(14-16-31(28)37)39-19-21-41(22-20-39)35(43)44-36(2,3)4/h5,7-8,11-16,23-24,34H,6,9-10,17-22,25H2,1-4H3,(H,38,42). The van der Waals surface area contributed by atoms with Gasteiger partial charge < -0.3 is 24.8 Å². The molecule has 7 nitrogen and oxygen atoms in total. The number of rotatable bonds is 7. The number of amides is 2. The molecule has 0 aromatic heterocycles. The molecule has 5 rings (SSSR count). The van der Waals surface area contributed by atoms with E-state index in [4.69, 9.17) is 4.74 Å². The Morgan fingerprint density at radius 1 is 0.864 bits per heavy atom. The van der Waals surface area contributed by atoms with Gasteiger partial charge in [0, 0.05) is 56.2 Å². The number of aryl methyl sites for hydroxylation is 1. The maximum atomic E-state index is 15.1. The predicted molar refractivity (Wildman–Crippen MR) is 174 cm³/mol. The molecule has 2 amide bonds. The number of anilines is 2. The molecule has 1 atom stereocenters. The summed E-state index contributed by atoms with van der Waals surface area (Å²) in [5.41, 5.74) is 5.00. The summed E-state index contributed by atoms with van der Waals surface area (Å²) in [4.78, 5) is 32.4. The highest BCUT2D eigenvalue weighted by Crippen LogP contribution is 2.34. The van der Waals surface area contributed by atoms with Crippen LogP contribution in [0.2, 0.25) is 0 Å². The van der Waals surface area contributed by atoms with Gasteiger partial charge >= 0.3 is 6.09 Å². The van der Waals surface area contributed by atoms with Crippen LogP contribution in [0.4, 0.5) is 20.6 Å². The highest BCUT2D eigenvalue weighted by atomic mass is 19.1. The van der Waals surface area contributed by atoms with Gasteiger partial charge in [0.25, 0.3) is 0 Å². The second kappa shape index (κ2) is 13.7. The molecule has 44 heavy (non-hydrogen) atoms. The third-order valence-electron chi connectivity index (χ3n) is 8.31. The van der Waals surface area contributed by atoms with E-state index in [-0.39, 0.29) is 24.5 Å². The van der Waals surface area contributed by atoms with Crippen LogP contribution in [0.15, 0.2) is 66.7 Å². The van der Waals surface area contributed by atoms with Crippen molar-refractivity contribution in [2.24, 2.45) is 0 Å². The Morgan fingerprint density at radius 2 is 1.57 bits per heavy atom. The first kappa shape index (κ1) is 31.4. The molecule has 0 bridgehead atoms. The molecule has 234 valence electrons. The third kappa shape index (κ3) is 7.90. The van der Waals surface area contributed by atoms with Crippen LogP contribution in [-0.2, 0) is 16.0 Å². The minimum Gasteiger partial charge on any atom is -0.444 e. The van der Waals surface area contributed by atoms with Gasteiger partial charge in [-0.25, -0.2) is 9.18 Å². The van der Waals surface area contributed by atoms with Gasteiger partial charge in [-0.3, -0.25) is 4.79 Å². The highest BCUT2D eigenvalue weighted by molar-refractivity contribution is 5.80. The Bertz CT molecular complexity index is 1440. The van der Waals surface area contributed by atoms with E-state index >= 15 is 4.39 Å². The van der Waals surface area contributed by atoms with E-state index in [2.05, 4.69) is 40.2 Å². The van der Waals surface area contributed by atoms with Crippen molar-refractivity contribution in [2.75, 3.05) is 49.1 Å². The number of hydrogen-bond acceptors (Lipinski definition) is 5. The first-order valence-electron chi connectivity index (χ1n) is 15.8. The number of carbonyl (C=O) groups excluding carboxylic acids is 2. The zero-order chi connectivity index (χ0) is 31.3. The second-order valence-corrected chi connectivity index (χ2v) is 12.9. The summed E-state index contributed by atoms with van der Waals surface area (Å²) in [7, 11) is 0. The van der Waals surface area contributed by atoms with Crippen molar-refractivity contribution in [1.82, 2.24) is 10.2 Å². The van der Waals surface area contributed by atoms with Crippen LogP contribution >= 0.6 is 0 Å². The number of piperidine rings is 1. The first-order chi connectivity index (χ1) is 21.1. The summed E-state index contributed by atoms with van der Waals surface area (Å²) in [6, 6.07) is 21.0. The van der Waals surface area contributed by atoms with Gasteiger partial charge in [-0.2, -0.15) is 0 Å². The minimum absolute atomic E-state index is 0.0776. The lowest BCUT2D eigenvalue weighted by Gasteiger charge is -2.37. The first-order valence-corrected chi connectivity index (χ1v) is 15.8. The smallest absolute Gasteiger partial charge is 0.410 e. The summed E-state index contributed by atoms with van der Waals surface area (Å²) >= 11 is 0. The second-order valence-electron chi connectivity index (χ2n) is 12.9. The molecule has 1 N–H and O–H groups in total. The van der Waals surface area contributed by atoms with Crippen LogP contribution in [-0.4, -0.2) is 61.8 Å². The van der Waals surface area contributed by atoms with E-state index < -0.39 is 11.4 Å². The number of carbonyl (C=O) groups is 2. The lowest BCUT2D eigenvalue weighted by molar-refractivity contribution is -0.121. The molecular formula is C36H45FN4O3. The van der Waals surface area contributed by atoms with Crippen molar-refractivity contribution in [3.05, 3.63) is 94.8 Å². The SMILES string of the molecule is Cc1ccc(C(NC(=O)Cc2cc(N3CCN(C(=O)OC(C)(C)C)CC3)ccc2F)c2ccccc2)c(N2CCCCC2)c1. The fraction of sp³-hybridized carbons (Fsp3) is 0.444. The minimum atomic E-state index is -0.547. The van der Waals surface area contributed by atoms with Crippen molar-refractivity contribution < 1.29 is 18.7 Å². The molecule has 0 aliphatic carbocycles. The molecule has 3 aromatic rings. The van der Waals surface area contributed by atoms with E-state index in [1.54, 1.807) is 17.0 Å². The number of ether oxygens (including phenoxy) is 1. The molecule has 0 radical (unpaired) electrons. The van der Waals surface area contributed by atoms with Gasteiger partial charge in [0.15, 0.2) is 0 Å². The van der Waals surface area contributed by atoms with Crippen molar-refractivity contribution in [3.8, 4) is 0 Å². The van der Waals surface area contributed by atoms with Crippen molar-refractivity contribution in [2.45, 2.75) is 65.0 Å². The van der Waals surface area contributed by atoms with E-state index in [9.17, 15) is 9.59 Å². The van der Waals surface area contributed by atoms with Crippen LogP contribution in [0.5, 0.6) is 0 Å². The van der Waals surface area contributed by atoms with Crippen LogP contribution in [0.25, 0.3) is 0 Å². The average Bonchev–Trinajstić information content (AvgIpc) is 3.01. The fourth-order valence-electron chi connectivity index (χ4n) is 6.04. The van der Waals surface area contributed by atoms with Gasteiger partial charge in [-0.05, 0) is 87.9 Å². The van der Waals surface area contributed by atoms with E-state index in [0.29, 0.717) is 31.7 Å². The zero-order valence-electron chi connectivity index (χ0n) is 26.4. The Labute approximate surface area is 261 Å². The summed E-state index contributed by atoms with van der Waals surface area (Å²) in [6.07, 6.45) is 3.15. The number of hydrogen-bond donors (Lipinski definition) is 1. The molecular weight excluding hydrogens is 555 g/mol. The van der Waals surface area contributed by atoms with Gasteiger partial charge in [0.1, 0.15) is 11.4 Å². The summed E-state index contributed by atoms with van der Waals surface area (Å²) in [5, 5.41) is 3.26. The fourth-order valence-corrected chi connectivity index (χ4v) is 6.04. The van der Waals surface area contributed by atoms with Crippen molar-refractivity contribution in [3.63, 3.8) is 0 Å². The van der Waals surface area contributed by atoms with E-state index in [0.717, 1.165) is 48.4 Å². The highest BCUT2D eigenvalue weighted by Gasteiger charge is 2.27. The number of nitrogens with one attached hydrogen (secondary N) is 1. The number of piperazine rings is 1. The van der Waals surface area contributed by atoms with Crippen molar-refractivity contribution >= 4 is 23.4 Å². The molecule has 1 unspecified atom stereocenters. The van der Waals surface area contributed by atoms with Crippen LogP contribution in [0.1, 0.15) is 68.3 Å². The maximum absolute atomic E-state index is 15.1. The van der Waals surface area contributed by atoms with Crippen LogP contribution in [0.3, 0.4) is 0 Å². The Balaban J connectivity index is 1.32. The average molecular weight is 601 g/mol. The molecule has 2 heterocycles. The van der Waals surface area contributed by atoms with E-state index in [1.807, 2.05) is 51.1 Å². The largest absolute Gasteiger partial charge is 0.444 e. The number of benzene rings is 3. The molecule has 8 heteroatoms. The summed E-state index contributed by atoms with van der Waals surface area (Å²) < 4.78 is 20.6. The van der Waals surface area contributed by atoms with Gasteiger partial charge in [-0.15, -0.1) is 0 Å². The van der Waals surface area contributed by atoms with Gasteiger partial charge in [0.05, 0.1) is 12.5 Å². The Hall–Kier alpha value is -4.07. The molecule has 2 aliphatic rings. The van der Waals surface area contributed by atoms with Crippen LogP contribution < -0.4 is 15.1 Å². The lowest BCUT2D eigenvalue weighted by atomic mass is 9.94. The Kier molecular flexibility index (Phi) is 9.77. The predicted octanol–water partition coefficient (Wildman–Crippen LogP) is 6.63. The van der Waals surface area contributed by atoms with E-state index in [1.165, 1.54) is 18.1 Å². The maximum Gasteiger partial charge on any atom is 0.410 e. The number of halogens is 1. The molecule has 2 aliphatic heterocycles. The third-order valence-corrected chi connectivity index (χ3v) is 8.31. The Morgan fingerprint density at radius 3 is 2.25 bits per heavy atom. The van der Waals surface area contributed by atoms with Crippen LogP contribution in [0, 0.1) is 12.7 Å². The van der Waals surface area contributed by atoms with Crippen molar-refractivity contribution in [1.29, 1.82) is 0 Å². The quantitative estimate of drug-likeness (QED) is 0.330. The molecule has 3 aromatic carbocycles. The molecule has 0 spiro atoms. The topological polar surface area (TPSA) is 65.1 Å². The lowest BCUT2D eigenvalue weighted by Crippen LogP contribution is -2.50. The van der Waals surface area contributed by atoms with Gasteiger partial charge in [0.2, 0.25) is 5.91 Å². The summed E-state index contributed by atoms with van der Waals surface area (Å²) in [5.74, 6) is -0.647. The zero-order valence-corrected chi connectivity index (χ0v) is 26.4. The molecule has 2 fully saturated rings. The van der Waals surface area contributed by atoms with Gasteiger partial charge in [-0.1, -0.05) is 42.5 Å². The summed E-state index contributed by atoms with van der Waals surface area (Å²) in [6.45, 7) is 11.9. The molecule has 2 saturated heterocycles. The molecule has 0 saturated carbocycles.